The van der Waals surface area contributed by atoms with Crippen molar-refractivity contribution in [1.82, 2.24) is 0 Å². The molecule has 6 heteroatoms. The number of carbonyl (C=O) groups excluding carboxylic acids is 1. The summed E-state index contributed by atoms with van der Waals surface area (Å²) in [5.41, 5.74) is 5.86. The summed E-state index contributed by atoms with van der Waals surface area (Å²) >= 11 is 0. The zero-order valence-electron chi connectivity index (χ0n) is 11.8. The second-order valence-electron chi connectivity index (χ2n) is 5.38. The SMILES string of the molecule is CC(C)(C)OC(=O)Nc1cccc(C(CN)C(=O)O)c1. The first-order chi connectivity index (χ1) is 9.23. The summed E-state index contributed by atoms with van der Waals surface area (Å²) in [5, 5.41) is 11.6. The fourth-order valence-electron chi connectivity index (χ4n) is 1.63. The monoisotopic (exact) mass is 280 g/mol. The smallest absolute Gasteiger partial charge is 0.412 e. The lowest BCUT2D eigenvalue weighted by Crippen LogP contribution is -2.27. The molecule has 1 atom stereocenters. The Hall–Kier alpha value is -2.08. The number of nitrogens with two attached hydrogens (primary N) is 1. The number of nitrogens with one attached hydrogen (secondary N) is 1. The summed E-state index contributed by atoms with van der Waals surface area (Å²) in [6, 6.07) is 6.55. The molecule has 0 bridgehead atoms. The number of amides is 1. The molecule has 0 saturated heterocycles. The van der Waals surface area contributed by atoms with Crippen LogP contribution in [-0.2, 0) is 9.53 Å². The van der Waals surface area contributed by atoms with Gasteiger partial charge >= 0.3 is 12.1 Å². The predicted octanol–water partition coefficient (Wildman–Crippen LogP) is 2.16. The van der Waals surface area contributed by atoms with Crippen molar-refractivity contribution in [2.75, 3.05) is 11.9 Å². The van der Waals surface area contributed by atoms with E-state index in [4.69, 9.17) is 15.6 Å². The van der Waals surface area contributed by atoms with Crippen molar-refractivity contribution < 1.29 is 19.4 Å². The van der Waals surface area contributed by atoms with Gasteiger partial charge in [-0.05, 0) is 38.5 Å². The molecule has 0 radical (unpaired) electrons. The van der Waals surface area contributed by atoms with E-state index in [0.29, 0.717) is 11.3 Å². The van der Waals surface area contributed by atoms with Crippen molar-refractivity contribution in [1.29, 1.82) is 0 Å². The molecule has 6 nitrogen and oxygen atoms in total. The normalized spacial score (nSPS) is 12.6. The largest absolute Gasteiger partial charge is 0.481 e. The van der Waals surface area contributed by atoms with Gasteiger partial charge in [0.15, 0.2) is 0 Å². The van der Waals surface area contributed by atoms with Crippen molar-refractivity contribution in [2.45, 2.75) is 32.3 Å². The Balaban J connectivity index is 2.83. The minimum Gasteiger partial charge on any atom is -0.481 e. The Labute approximate surface area is 117 Å². The number of rotatable bonds is 4. The number of hydrogen-bond donors (Lipinski definition) is 3. The molecule has 4 N–H and O–H groups in total. The molecular formula is C14H20N2O4. The molecule has 1 rings (SSSR count). The van der Waals surface area contributed by atoms with E-state index in [0.717, 1.165) is 0 Å². The first-order valence-corrected chi connectivity index (χ1v) is 6.26. The van der Waals surface area contributed by atoms with E-state index >= 15 is 0 Å². The second-order valence-corrected chi connectivity index (χ2v) is 5.38. The van der Waals surface area contributed by atoms with Gasteiger partial charge < -0.3 is 15.6 Å². The molecule has 1 amide bonds. The summed E-state index contributed by atoms with van der Waals surface area (Å²) in [5.74, 6) is -1.79. The molecule has 0 saturated carbocycles. The number of carbonyl (C=O) groups is 2. The van der Waals surface area contributed by atoms with Gasteiger partial charge in [0.05, 0.1) is 5.92 Å². The number of aliphatic carboxylic acids is 1. The average Bonchev–Trinajstić information content (AvgIpc) is 2.26. The van der Waals surface area contributed by atoms with Crippen LogP contribution in [0.5, 0.6) is 0 Å². The fourth-order valence-corrected chi connectivity index (χ4v) is 1.63. The summed E-state index contributed by atoms with van der Waals surface area (Å²) in [6.45, 7) is 5.28. The lowest BCUT2D eigenvalue weighted by molar-refractivity contribution is -0.138. The molecule has 0 fully saturated rings. The first kappa shape index (κ1) is 16.0. The standard InChI is InChI=1S/C14H20N2O4/c1-14(2,3)20-13(19)16-10-6-4-5-9(7-10)11(8-15)12(17)18/h4-7,11H,8,15H2,1-3H3,(H,16,19)(H,17,18). The van der Waals surface area contributed by atoms with Crippen molar-refractivity contribution in [3.05, 3.63) is 29.8 Å². The molecule has 0 aliphatic rings. The van der Waals surface area contributed by atoms with Gasteiger partial charge in [0.1, 0.15) is 5.60 Å². The lowest BCUT2D eigenvalue weighted by atomic mass is 9.99. The Bertz CT molecular complexity index is 494. The predicted molar refractivity (Wildman–Crippen MR) is 75.7 cm³/mol. The van der Waals surface area contributed by atoms with Crippen molar-refractivity contribution in [3.8, 4) is 0 Å². The molecule has 20 heavy (non-hydrogen) atoms. The van der Waals surface area contributed by atoms with Crippen molar-refractivity contribution in [2.24, 2.45) is 5.73 Å². The van der Waals surface area contributed by atoms with E-state index in [1.165, 1.54) is 0 Å². The number of ether oxygens (including phenoxy) is 1. The molecule has 1 aromatic rings. The second kappa shape index (κ2) is 6.38. The first-order valence-electron chi connectivity index (χ1n) is 6.26. The van der Waals surface area contributed by atoms with Gasteiger partial charge in [-0.1, -0.05) is 12.1 Å². The topological polar surface area (TPSA) is 102 Å². The third-order valence-corrected chi connectivity index (χ3v) is 2.47. The Morgan fingerprint density at radius 1 is 1.40 bits per heavy atom. The van der Waals surface area contributed by atoms with Crippen LogP contribution in [0.3, 0.4) is 0 Å². The van der Waals surface area contributed by atoms with E-state index in [1.807, 2.05) is 0 Å². The van der Waals surface area contributed by atoms with Gasteiger partial charge in [-0.3, -0.25) is 10.1 Å². The molecular weight excluding hydrogens is 260 g/mol. The number of benzene rings is 1. The van der Waals surface area contributed by atoms with Gasteiger partial charge in [-0.15, -0.1) is 0 Å². The molecule has 110 valence electrons. The average molecular weight is 280 g/mol. The molecule has 0 aliphatic heterocycles. The third-order valence-electron chi connectivity index (χ3n) is 2.47. The van der Waals surface area contributed by atoms with Crippen LogP contribution in [0.25, 0.3) is 0 Å². The number of carboxylic acid groups (broad SMARTS) is 1. The van der Waals surface area contributed by atoms with E-state index in [-0.39, 0.29) is 6.54 Å². The minimum absolute atomic E-state index is 0.00871. The Kier molecular flexibility index (Phi) is 5.10. The molecule has 0 heterocycles. The zero-order valence-corrected chi connectivity index (χ0v) is 11.8. The van der Waals surface area contributed by atoms with Crippen molar-refractivity contribution >= 4 is 17.7 Å². The maximum atomic E-state index is 11.6. The molecule has 1 aromatic carbocycles. The number of carboxylic acids is 1. The summed E-state index contributed by atoms with van der Waals surface area (Å²) in [6.07, 6.45) is -0.589. The highest BCUT2D eigenvalue weighted by atomic mass is 16.6. The van der Waals surface area contributed by atoms with Gasteiger partial charge in [0, 0.05) is 12.2 Å². The zero-order chi connectivity index (χ0) is 15.3. The Morgan fingerprint density at radius 2 is 2.05 bits per heavy atom. The van der Waals surface area contributed by atoms with E-state index in [1.54, 1.807) is 45.0 Å². The van der Waals surface area contributed by atoms with E-state index < -0.39 is 23.6 Å². The number of hydrogen-bond acceptors (Lipinski definition) is 4. The highest BCUT2D eigenvalue weighted by Gasteiger charge is 2.19. The van der Waals surface area contributed by atoms with E-state index in [9.17, 15) is 9.59 Å². The quantitative estimate of drug-likeness (QED) is 0.784. The van der Waals surface area contributed by atoms with Gasteiger partial charge in [-0.2, -0.15) is 0 Å². The van der Waals surface area contributed by atoms with Crippen LogP contribution in [-0.4, -0.2) is 29.3 Å². The molecule has 0 aliphatic carbocycles. The highest BCUT2D eigenvalue weighted by molar-refractivity contribution is 5.85. The van der Waals surface area contributed by atoms with E-state index in [2.05, 4.69) is 5.32 Å². The molecule has 0 spiro atoms. The lowest BCUT2D eigenvalue weighted by Gasteiger charge is -2.20. The number of anilines is 1. The van der Waals surface area contributed by atoms with Gasteiger partial charge in [0.25, 0.3) is 0 Å². The van der Waals surface area contributed by atoms with Gasteiger partial charge in [0.2, 0.25) is 0 Å². The minimum atomic E-state index is -0.998. The van der Waals surface area contributed by atoms with Crippen LogP contribution < -0.4 is 11.1 Å². The van der Waals surface area contributed by atoms with Crippen molar-refractivity contribution in [3.63, 3.8) is 0 Å². The summed E-state index contributed by atoms with van der Waals surface area (Å²) in [4.78, 5) is 22.7. The van der Waals surface area contributed by atoms with Gasteiger partial charge in [-0.25, -0.2) is 4.79 Å². The third kappa shape index (κ3) is 4.89. The Morgan fingerprint density at radius 3 is 2.55 bits per heavy atom. The van der Waals surface area contributed by atoms with Crippen LogP contribution in [0.15, 0.2) is 24.3 Å². The highest BCUT2D eigenvalue weighted by Crippen LogP contribution is 2.20. The molecule has 1 unspecified atom stereocenters. The summed E-state index contributed by atoms with van der Waals surface area (Å²) < 4.78 is 5.12. The maximum Gasteiger partial charge on any atom is 0.412 e. The maximum absolute atomic E-state index is 11.6. The van der Waals surface area contributed by atoms with Crippen LogP contribution in [0.1, 0.15) is 32.3 Å². The van der Waals surface area contributed by atoms with Crippen LogP contribution >= 0.6 is 0 Å². The van der Waals surface area contributed by atoms with Crippen LogP contribution in [0.2, 0.25) is 0 Å². The van der Waals surface area contributed by atoms with Crippen LogP contribution in [0.4, 0.5) is 10.5 Å². The fraction of sp³-hybridized carbons (Fsp3) is 0.429. The van der Waals surface area contributed by atoms with Crippen LogP contribution in [0, 0.1) is 0 Å². The molecule has 0 aromatic heterocycles. The summed E-state index contributed by atoms with van der Waals surface area (Å²) in [7, 11) is 0.